The number of halogens is 5. The number of rotatable bonds is 9. The molecule has 0 aromatic heterocycles. The minimum Gasteiger partial charge on any atom is -0.357 e. The van der Waals surface area contributed by atoms with Crippen LogP contribution in [-0.2, 0) is 32.3 Å². The summed E-state index contributed by atoms with van der Waals surface area (Å²) in [4.78, 5) is 27.0. The molecule has 0 unspecified atom stereocenters. The fourth-order valence-electron chi connectivity index (χ4n) is 3.71. The van der Waals surface area contributed by atoms with Gasteiger partial charge in [0.15, 0.2) is 0 Å². The van der Waals surface area contributed by atoms with Crippen molar-refractivity contribution in [2.24, 2.45) is 0 Å². The van der Waals surface area contributed by atoms with E-state index < -0.39 is 51.9 Å². The molecule has 1 atom stereocenters. The lowest BCUT2D eigenvalue weighted by molar-refractivity contribution is -0.139. The van der Waals surface area contributed by atoms with E-state index in [2.05, 4.69) is 5.32 Å². The van der Waals surface area contributed by atoms with E-state index in [1.807, 2.05) is 0 Å². The van der Waals surface area contributed by atoms with Gasteiger partial charge in [-0.1, -0.05) is 59.6 Å². The van der Waals surface area contributed by atoms with Gasteiger partial charge in [-0.15, -0.1) is 0 Å². The van der Waals surface area contributed by atoms with E-state index in [9.17, 15) is 31.2 Å². The Labute approximate surface area is 234 Å². The molecule has 7 nitrogen and oxygen atoms in total. The zero-order chi connectivity index (χ0) is 29.0. The van der Waals surface area contributed by atoms with Crippen molar-refractivity contribution in [2.45, 2.75) is 30.6 Å². The number of carbonyl (C=O) groups excluding carboxylic acids is 2. The molecule has 0 radical (unpaired) electrons. The number of hydrogen-bond donors (Lipinski definition) is 1. The van der Waals surface area contributed by atoms with Crippen LogP contribution in [0.25, 0.3) is 0 Å². The fraction of sp³-hybridized carbons (Fsp3) is 0.231. The molecule has 0 aliphatic rings. The molecular weight excluding hydrogens is 578 g/mol. The Hall–Kier alpha value is -3.28. The van der Waals surface area contributed by atoms with Crippen LogP contribution in [0.3, 0.4) is 0 Å². The average Bonchev–Trinajstić information content (AvgIpc) is 2.90. The van der Waals surface area contributed by atoms with E-state index in [0.29, 0.717) is 27.0 Å². The standard InChI is InChI=1S/C26H24Cl2F3N3O4S/c1-17(25(36)32-2)33(15-18-8-6-7-11-21(18)27)24(35)16-34(39(37,38)20-9-4-3-5-10-20)23-14-19(26(29,30)31)12-13-22(23)28/h3-14,17H,15-16H2,1-2H3,(H,32,36)/t17-/m1/s1. The van der Waals surface area contributed by atoms with Crippen LogP contribution in [0.15, 0.2) is 77.7 Å². The summed E-state index contributed by atoms with van der Waals surface area (Å²) >= 11 is 12.5. The highest BCUT2D eigenvalue weighted by atomic mass is 35.5. The van der Waals surface area contributed by atoms with Gasteiger partial charge in [0.05, 0.1) is 21.2 Å². The minimum absolute atomic E-state index is 0.178. The summed E-state index contributed by atoms with van der Waals surface area (Å²) in [6.07, 6.45) is -4.81. The van der Waals surface area contributed by atoms with Crippen molar-refractivity contribution in [2.75, 3.05) is 17.9 Å². The van der Waals surface area contributed by atoms with Crippen molar-refractivity contribution in [1.82, 2.24) is 10.2 Å². The predicted molar refractivity (Wildman–Crippen MR) is 143 cm³/mol. The van der Waals surface area contributed by atoms with Crippen molar-refractivity contribution in [3.63, 3.8) is 0 Å². The second kappa shape index (κ2) is 12.3. The van der Waals surface area contributed by atoms with Crippen LogP contribution in [-0.4, -0.2) is 44.8 Å². The number of anilines is 1. The van der Waals surface area contributed by atoms with Gasteiger partial charge in [0.2, 0.25) is 11.8 Å². The molecule has 0 aliphatic heterocycles. The van der Waals surface area contributed by atoms with E-state index in [1.54, 1.807) is 30.3 Å². The zero-order valence-corrected chi connectivity index (χ0v) is 23.1. The maximum absolute atomic E-state index is 13.7. The first-order chi connectivity index (χ1) is 18.3. The first-order valence-electron chi connectivity index (χ1n) is 11.5. The quantitative estimate of drug-likeness (QED) is 0.357. The van der Waals surface area contributed by atoms with Gasteiger partial charge in [0.1, 0.15) is 12.6 Å². The molecule has 0 spiro atoms. The molecule has 0 fully saturated rings. The van der Waals surface area contributed by atoms with Crippen molar-refractivity contribution in [1.29, 1.82) is 0 Å². The zero-order valence-electron chi connectivity index (χ0n) is 20.7. The molecule has 0 saturated heterocycles. The Morgan fingerprint density at radius 3 is 2.15 bits per heavy atom. The van der Waals surface area contributed by atoms with Crippen molar-refractivity contribution in [3.05, 3.63) is 94.0 Å². The maximum Gasteiger partial charge on any atom is 0.416 e. The van der Waals surface area contributed by atoms with Gasteiger partial charge in [-0.05, 0) is 48.9 Å². The molecule has 0 bridgehead atoms. The van der Waals surface area contributed by atoms with E-state index in [1.165, 1.54) is 38.2 Å². The Morgan fingerprint density at radius 1 is 0.949 bits per heavy atom. The third-order valence-corrected chi connectivity index (χ3v) is 8.33. The topological polar surface area (TPSA) is 86.8 Å². The van der Waals surface area contributed by atoms with Gasteiger partial charge in [0, 0.05) is 18.6 Å². The predicted octanol–water partition coefficient (Wildman–Crippen LogP) is 5.37. The summed E-state index contributed by atoms with van der Waals surface area (Å²) in [7, 11) is -3.23. The Kier molecular flexibility index (Phi) is 9.52. The lowest BCUT2D eigenvalue weighted by atomic mass is 10.1. The molecule has 208 valence electrons. The largest absolute Gasteiger partial charge is 0.416 e. The van der Waals surface area contributed by atoms with Crippen molar-refractivity contribution in [3.8, 4) is 0 Å². The van der Waals surface area contributed by atoms with Crippen molar-refractivity contribution < 1.29 is 31.2 Å². The van der Waals surface area contributed by atoms with Crippen molar-refractivity contribution >= 4 is 50.7 Å². The fourth-order valence-corrected chi connectivity index (χ4v) is 5.63. The highest BCUT2D eigenvalue weighted by Gasteiger charge is 2.36. The van der Waals surface area contributed by atoms with Crippen LogP contribution in [0.1, 0.15) is 18.1 Å². The summed E-state index contributed by atoms with van der Waals surface area (Å²) in [6.45, 7) is 0.299. The van der Waals surface area contributed by atoms with Crippen LogP contribution < -0.4 is 9.62 Å². The van der Waals surface area contributed by atoms with Gasteiger partial charge in [-0.2, -0.15) is 13.2 Å². The molecule has 0 aliphatic carbocycles. The van der Waals surface area contributed by atoms with Gasteiger partial charge < -0.3 is 10.2 Å². The number of nitrogens with one attached hydrogen (secondary N) is 1. The smallest absolute Gasteiger partial charge is 0.357 e. The van der Waals surface area contributed by atoms with Gasteiger partial charge >= 0.3 is 6.18 Å². The van der Waals surface area contributed by atoms with E-state index in [4.69, 9.17) is 23.2 Å². The number of carbonyl (C=O) groups is 2. The van der Waals surface area contributed by atoms with Crippen LogP contribution >= 0.6 is 23.2 Å². The Bertz CT molecular complexity index is 1450. The Balaban J connectivity index is 2.14. The second-order valence-electron chi connectivity index (χ2n) is 8.39. The second-order valence-corrected chi connectivity index (χ2v) is 11.1. The molecule has 3 rings (SSSR count). The van der Waals surface area contributed by atoms with Crippen LogP contribution in [0.4, 0.5) is 18.9 Å². The molecular formula is C26H24Cl2F3N3O4S. The highest BCUT2D eigenvalue weighted by Crippen LogP contribution is 2.37. The molecule has 39 heavy (non-hydrogen) atoms. The third-order valence-electron chi connectivity index (χ3n) is 5.86. The van der Waals surface area contributed by atoms with E-state index in [-0.39, 0.29) is 16.5 Å². The first-order valence-corrected chi connectivity index (χ1v) is 13.7. The van der Waals surface area contributed by atoms with Crippen LogP contribution in [0, 0.1) is 0 Å². The maximum atomic E-state index is 13.7. The minimum atomic E-state index is -4.81. The SMILES string of the molecule is CNC(=O)[C@@H](C)N(Cc1ccccc1Cl)C(=O)CN(c1cc(C(F)(F)F)ccc1Cl)S(=O)(=O)c1ccccc1. The summed E-state index contributed by atoms with van der Waals surface area (Å²) in [5.41, 5.74) is -1.24. The number of hydrogen-bond acceptors (Lipinski definition) is 4. The highest BCUT2D eigenvalue weighted by molar-refractivity contribution is 7.92. The van der Waals surface area contributed by atoms with Gasteiger partial charge in [0.25, 0.3) is 10.0 Å². The summed E-state index contributed by atoms with van der Waals surface area (Å²) in [6, 6.07) is 14.5. The number of likely N-dealkylation sites (N-methyl/N-ethyl adjacent to an activating group) is 1. The van der Waals surface area contributed by atoms with Gasteiger partial charge in [-0.25, -0.2) is 8.42 Å². The molecule has 3 aromatic rings. The van der Waals surface area contributed by atoms with E-state index in [0.717, 1.165) is 11.0 Å². The van der Waals surface area contributed by atoms with Gasteiger partial charge in [-0.3, -0.25) is 13.9 Å². The summed E-state index contributed by atoms with van der Waals surface area (Å²) < 4.78 is 68.5. The lowest BCUT2D eigenvalue weighted by Crippen LogP contribution is -2.50. The molecule has 13 heteroatoms. The molecule has 1 N–H and O–H groups in total. The monoisotopic (exact) mass is 601 g/mol. The van der Waals surface area contributed by atoms with Crippen LogP contribution in [0.2, 0.25) is 10.0 Å². The number of alkyl halides is 3. The van der Waals surface area contributed by atoms with E-state index >= 15 is 0 Å². The third kappa shape index (κ3) is 7.03. The number of amides is 2. The normalized spacial score (nSPS) is 12.5. The number of nitrogens with zero attached hydrogens (tertiary/aromatic N) is 2. The Morgan fingerprint density at radius 2 is 1.56 bits per heavy atom. The number of benzene rings is 3. The lowest BCUT2D eigenvalue weighted by Gasteiger charge is -2.32. The average molecular weight is 602 g/mol. The summed E-state index contributed by atoms with van der Waals surface area (Å²) in [5, 5.41) is 2.40. The molecule has 0 saturated carbocycles. The molecule has 0 heterocycles. The summed E-state index contributed by atoms with van der Waals surface area (Å²) in [5.74, 6) is -1.43. The van der Waals surface area contributed by atoms with Crippen LogP contribution in [0.5, 0.6) is 0 Å². The first kappa shape index (κ1) is 30.3. The molecule has 3 aromatic carbocycles. The number of sulfonamides is 1. The molecule has 2 amide bonds.